The van der Waals surface area contributed by atoms with Crippen LogP contribution in [0.5, 0.6) is 0 Å². The summed E-state index contributed by atoms with van der Waals surface area (Å²) in [4.78, 5) is 13.5. The van der Waals surface area contributed by atoms with Gasteiger partial charge in [-0.25, -0.2) is 4.79 Å². The number of nitrogens with one attached hydrogen (secondary N) is 1. The number of carbonyl (C=O) groups excluding carboxylic acids is 1. The zero-order valence-corrected chi connectivity index (χ0v) is 14.4. The Labute approximate surface area is 148 Å². The molecule has 0 spiro atoms. The van der Waals surface area contributed by atoms with Crippen LogP contribution in [-0.2, 0) is 5.54 Å². The van der Waals surface area contributed by atoms with Gasteiger partial charge >= 0.3 is 12.2 Å². The van der Waals surface area contributed by atoms with Crippen molar-refractivity contribution < 1.29 is 18.0 Å². The first-order chi connectivity index (χ1) is 11.7. The van der Waals surface area contributed by atoms with Gasteiger partial charge in [-0.1, -0.05) is 24.6 Å². The van der Waals surface area contributed by atoms with Crippen LogP contribution >= 0.6 is 11.6 Å². The van der Waals surface area contributed by atoms with E-state index in [4.69, 9.17) is 11.6 Å². The molecule has 0 radical (unpaired) electrons. The number of hydrogen-bond donors (Lipinski definition) is 1. The van der Waals surface area contributed by atoms with Crippen molar-refractivity contribution in [2.24, 2.45) is 5.41 Å². The number of hydrogen-bond acceptors (Lipinski definition) is 1. The van der Waals surface area contributed by atoms with E-state index in [9.17, 15) is 18.0 Å². The molecule has 1 aromatic carbocycles. The summed E-state index contributed by atoms with van der Waals surface area (Å²) in [5.74, 6) is 0. The first-order valence-electron chi connectivity index (χ1n) is 8.34. The lowest BCUT2D eigenvalue weighted by Crippen LogP contribution is -2.62. The molecule has 134 valence electrons. The Morgan fingerprint density at radius 2 is 1.96 bits per heavy atom. The molecule has 3 nitrogen and oxygen atoms in total. The third kappa shape index (κ3) is 2.62. The molecule has 0 aromatic heterocycles. The summed E-state index contributed by atoms with van der Waals surface area (Å²) in [6.07, 6.45) is 1.02. The van der Waals surface area contributed by atoms with Crippen molar-refractivity contribution in [3.8, 4) is 0 Å². The molecule has 2 amide bonds. The van der Waals surface area contributed by atoms with Gasteiger partial charge in [-0.3, -0.25) is 4.90 Å². The van der Waals surface area contributed by atoms with Crippen molar-refractivity contribution in [1.29, 1.82) is 0 Å². The number of benzene rings is 1. The number of nitrogens with zero attached hydrogens (tertiary/aromatic N) is 1. The summed E-state index contributed by atoms with van der Waals surface area (Å²) < 4.78 is 43.5. The SMILES string of the molecule is CC1(/C=C/[C@@]2(C(F)(F)F)c3cc(Cl)ccc3NC(=O)N2C2CC2)CC1. The highest BCUT2D eigenvalue weighted by Gasteiger charge is 2.65. The maximum atomic E-state index is 14.5. The fourth-order valence-electron chi connectivity index (χ4n) is 3.43. The third-order valence-electron chi connectivity index (χ3n) is 5.34. The largest absolute Gasteiger partial charge is 0.419 e. The predicted molar refractivity (Wildman–Crippen MR) is 89.5 cm³/mol. The molecule has 2 aliphatic carbocycles. The molecule has 2 fully saturated rings. The van der Waals surface area contributed by atoms with E-state index < -0.39 is 23.8 Å². The van der Waals surface area contributed by atoms with Crippen LogP contribution in [0.25, 0.3) is 0 Å². The number of allylic oxidation sites excluding steroid dienone is 1. The normalized spacial score (nSPS) is 28.0. The molecule has 1 atom stereocenters. The van der Waals surface area contributed by atoms with Crippen LogP contribution in [0.3, 0.4) is 0 Å². The van der Waals surface area contributed by atoms with Gasteiger partial charge in [0.1, 0.15) is 0 Å². The molecule has 0 saturated heterocycles. The van der Waals surface area contributed by atoms with Crippen LogP contribution in [0.1, 0.15) is 38.2 Å². The fourth-order valence-corrected chi connectivity index (χ4v) is 3.60. The molecule has 7 heteroatoms. The summed E-state index contributed by atoms with van der Waals surface area (Å²) in [6, 6.07) is 3.12. The summed E-state index contributed by atoms with van der Waals surface area (Å²) in [5.41, 5.74) is -2.56. The Morgan fingerprint density at radius 3 is 2.52 bits per heavy atom. The first kappa shape index (κ1) is 16.8. The Balaban J connectivity index is 1.97. The molecule has 1 heterocycles. The lowest BCUT2D eigenvalue weighted by molar-refractivity contribution is -0.212. The van der Waals surface area contributed by atoms with Crippen LogP contribution < -0.4 is 5.32 Å². The molecule has 3 aliphatic rings. The quantitative estimate of drug-likeness (QED) is 0.703. The minimum Gasteiger partial charge on any atom is -0.307 e. The zero-order valence-electron chi connectivity index (χ0n) is 13.7. The highest BCUT2D eigenvalue weighted by molar-refractivity contribution is 6.30. The van der Waals surface area contributed by atoms with E-state index in [0.717, 1.165) is 17.7 Å². The summed E-state index contributed by atoms with van der Waals surface area (Å²) in [5, 5.41) is 2.81. The molecule has 1 N–H and O–H groups in total. The maximum Gasteiger partial charge on any atom is 0.419 e. The van der Waals surface area contributed by atoms with Crippen LogP contribution in [0, 0.1) is 5.41 Å². The molecule has 25 heavy (non-hydrogen) atoms. The van der Waals surface area contributed by atoms with Gasteiger partial charge in [0.15, 0.2) is 5.54 Å². The van der Waals surface area contributed by atoms with Crippen molar-refractivity contribution in [3.05, 3.63) is 40.9 Å². The van der Waals surface area contributed by atoms with Crippen LogP contribution in [0.4, 0.5) is 23.7 Å². The zero-order chi connectivity index (χ0) is 18.0. The molecule has 2 saturated carbocycles. The molecule has 0 bridgehead atoms. The van der Waals surface area contributed by atoms with Gasteiger partial charge in [0.25, 0.3) is 0 Å². The van der Waals surface area contributed by atoms with Crippen LogP contribution in [-0.4, -0.2) is 23.1 Å². The summed E-state index contributed by atoms with van der Waals surface area (Å²) in [6.45, 7) is 1.93. The monoisotopic (exact) mass is 370 g/mol. The number of alkyl halides is 3. The third-order valence-corrected chi connectivity index (χ3v) is 5.58. The minimum absolute atomic E-state index is 0.0144. The van der Waals surface area contributed by atoms with Crippen LogP contribution in [0.2, 0.25) is 5.02 Å². The molecular formula is C18H18ClF3N2O. The lowest BCUT2D eigenvalue weighted by atomic mass is 9.82. The van der Waals surface area contributed by atoms with Gasteiger partial charge in [-0.2, -0.15) is 13.2 Å². The van der Waals surface area contributed by atoms with Crippen molar-refractivity contribution >= 4 is 23.3 Å². The van der Waals surface area contributed by atoms with E-state index in [-0.39, 0.29) is 21.7 Å². The smallest absolute Gasteiger partial charge is 0.307 e. The molecule has 0 unspecified atom stereocenters. The van der Waals surface area contributed by atoms with E-state index in [1.54, 1.807) is 6.08 Å². The number of amides is 2. The van der Waals surface area contributed by atoms with Gasteiger partial charge in [0.05, 0.1) is 0 Å². The van der Waals surface area contributed by atoms with Gasteiger partial charge < -0.3 is 5.32 Å². The second-order valence-corrected chi connectivity index (χ2v) is 7.91. The first-order valence-corrected chi connectivity index (χ1v) is 8.72. The highest BCUT2D eigenvalue weighted by Crippen LogP contribution is 2.55. The molecule has 4 rings (SSSR count). The Bertz CT molecular complexity index is 768. The fraction of sp³-hybridized carbons (Fsp3) is 0.500. The van der Waals surface area contributed by atoms with Crippen molar-refractivity contribution in [3.63, 3.8) is 0 Å². The van der Waals surface area contributed by atoms with Crippen molar-refractivity contribution in [2.75, 3.05) is 5.32 Å². The molecule has 1 aliphatic heterocycles. The minimum atomic E-state index is -4.66. The second kappa shape index (κ2) is 5.16. The standard InChI is InChI=1S/C18H18ClF3N2O/c1-16(6-7-16)8-9-17(18(20,21)22)13-10-11(19)2-5-14(13)23-15(25)24(17)12-3-4-12/h2,5,8-10,12H,3-4,6-7H2,1H3,(H,23,25)/b9-8+/t17-/m0/s1. The van der Waals surface area contributed by atoms with E-state index in [1.165, 1.54) is 24.3 Å². The molecule has 1 aromatic rings. The number of fused-ring (bicyclic) bond motifs is 1. The predicted octanol–water partition coefficient (Wildman–Crippen LogP) is 5.46. The Hall–Kier alpha value is -1.69. The van der Waals surface area contributed by atoms with Gasteiger partial charge in [-0.05, 0) is 55.4 Å². The average Bonchev–Trinajstić information content (AvgIpc) is 3.42. The van der Waals surface area contributed by atoms with Crippen molar-refractivity contribution in [1.82, 2.24) is 4.90 Å². The topological polar surface area (TPSA) is 32.3 Å². The average molecular weight is 371 g/mol. The van der Waals surface area contributed by atoms with E-state index >= 15 is 0 Å². The number of rotatable bonds is 3. The van der Waals surface area contributed by atoms with E-state index in [0.29, 0.717) is 12.8 Å². The number of carbonyl (C=O) groups is 1. The Kier molecular flexibility index (Phi) is 3.46. The maximum absolute atomic E-state index is 14.5. The van der Waals surface area contributed by atoms with Crippen molar-refractivity contribution in [2.45, 2.75) is 50.4 Å². The second-order valence-electron chi connectivity index (χ2n) is 7.47. The lowest BCUT2D eigenvalue weighted by Gasteiger charge is -2.47. The van der Waals surface area contributed by atoms with Gasteiger partial charge in [0, 0.05) is 22.3 Å². The number of halogens is 4. The number of anilines is 1. The summed E-state index contributed by atoms with van der Waals surface area (Å²) in [7, 11) is 0. The van der Waals surface area contributed by atoms with Crippen LogP contribution in [0.15, 0.2) is 30.4 Å². The summed E-state index contributed by atoms with van der Waals surface area (Å²) >= 11 is 6.01. The molecular weight excluding hydrogens is 353 g/mol. The van der Waals surface area contributed by atoms with Gasteiger partial charge in [-0.15, -0.1) is 0 Å². The van der Waals surface area contributed by atoms with E-state index in [1.807, 2.05) is 6.92 Å². The number of urea groups is 1. The van der Waals surface area contributed by atoms with Gasteiger partial charge in [0.2, 0.25) is 0 Å². The van der Waals surface area contributed by atoms with E-state index in [2.05, 4.69) is 5.32 Å². The highest BCUT2D eigenvalue weighted by atomic mass is 35.5. The Morgan fingerprint density at radius 1 is 1.28 bits per heavy atom.